The van der Waals surface area contributed by atoms with E-state index in [9.17, 15) is 9.70 Å². The molecule has 0 spiro atoms. The van der Waals surface area contributed by atoms with Crippen LogP contribution in [0.15, 0.2) is 23.5 Å². The van der Waals surface area contributed by atoms with E-state index in [2.05, 4.69) is 19.9 Å². The van der Waals surface area contributed by atoms with Crippen LogP contribution < -0.4 is 0 Å². The van der Waals surface area contributed by atoms with E-state index in [0.717, 1.165) is 0 Å². The van der Waals surface area contributed by atoms with E-state index in [1.54, 1.807) is 6.07 Å². The molecule has 0 aliphatic rings. The normalized spacial score (nSPS) is 10.2. The second-order valence-electron chi connectivity index (χ2n) is 2.90. The predicted octanol–water partition coefficient (Wildman–Crippen LogP) is 1.75. The van der Waals surface area contributed by atoms with Gasteiger partial charge in [-0.1, -0.05) is 0 Å². The SMILES string of the molecule is COC(=O)c1cc2cc(N=O)cnc2[nH]1. The van der Waals surface area contributed by atoms with Gasteiger partial charge in [0.05, 0.1) is 13.3 Å². The third-order valence-electron chi connectivity index (χ3n) is 1.97. The molecule has 0 bridgehead atoms. The van der Waals surface area contributed by atoms with Gasteiger partial charge in [0.2, 0.25) is 0 Å². The van der Waals surface area contributed by atoms with E-state index in [4.69, 9.17) is 0 Å². The van der Waals surface area contributed by atoms with Gasteiger partial charge in [0.25, 0.3) is 0 Å². The average Bonchev–Trinajstić information content (AvgIpc) is 2.70. The van der Waals surface area contributed by atoms with Crippen molar-refractivity contribution in [1.82, 2.24) is 9.97 Å². The van der Waals surface area contributed by atoms with Gasteiger partial charge < -0.3 is 9.72 Å². The Morgan fingerprint density at radius 2 is 2.33 bits per heavy atom. The molecule has 2 heterocycles. The first-order chi connectivity index (χ1) is 7.24. The van der Waals surface area contributed by atoms with Gasteiger partial charge in [0.15, 0.2) is 0 Å². The maximum absolute atomic E-state index is 11.2. The number of pyridine rings is 1. The molecule has 0 aromatic carbocycles. The first-order valence-electron chi connectivity index (χ1n) is 4.15. The number of H-pyrrole nitrogens is 1. The van der Waals surface area contributed by atoms with Gasteiger partial charge in [-0.25, -0.2) is 9.78 Å². The second-order valence-corrected chi connectivity index (χ2v) is 2.90. The Morgan fingerprint density at radius 1 is 1.53 bits per heavy atom. The molecular weight excluding hydrogens is 198 g/mol. The second kappa shape index (κ2) is 3.49. The minimum atomic E-state index is -0.478. The number of carbonyl (C=O) groups is 1. The van der Waals surface area contributed by atoms with Crippen LogP contribution in [-0.4, -0.2) is 23.0 Å². The summed E-state index contributed by atoms with van der Waals surface area (Å²) in [4.78, 5) is 28.1. The van der Waals surface area contributed by atoms with Gasteiger partial charge in [-0.05, 0) is 17.3 Å². The quantitative estimate of drug-likeness (QED) is 0.597. The number of aromatic amines is 1. The topological polar surface area (TPSA) is 84.4 Å². The Morgan fingerprint density at radius 3 is 3.00 bits per heavy atom. The van der Waals surface area contributed by atoms with Crippen LogP contribution in [0.3, 0.4) is 0 Å². The maximum Gasteiger partial charge on any atom is 0.354 e. The molecule has 2 aromatic rings. The van der Waals surface area contributed by atoms with Crippen molar-refractivity contribution in [3.05, 3.63) is 28.9 Å². The van der Waals surface area contributed by atoms with Gasteiger partial charge >= 0.3 is 5.97 Å². The number of methoxy groups -OCH3 is 1. The number of nitrogens with zero attached hydrogens (tertiary/aromatic N) is 2. The molecule has 0 saturated carbocycles. The highest BCUT2D eigenvalue weighted by molar-refractivity contribution is 5.94. The Kier molecular flexibility index (Phi) is 2.17. The number of hydrogen-bond donors (Lipinski definition) is 1. The molecule has 0 unspecified atom stereocenters. The number of hydrogen-bond acceptors (Lipinski definition) is 5. The lowest BCUT2D eigenvalue weighted by atomic mass is 10.3. The summed E-state index contributed by atoms with van der Waals surface area (Å²) < 4.78 is 4.54. The molecule has 2 rings (SSSR count). The molecule has 2 aromatic heterocycles. The minimum absolute atomic E-state index is 0.220. The van der Waals surface area contributed by atoms with Crippen molar-refractivity contribution in [2.75, 3.05) is 7.11 Å². The van der Waals surface area contributed by atoms with Crippen molar-refractivity contribution >= 4 is 22.7 Å². The zero-order valence-electron chi connectivity index (χ0n) is 7.85. The largest absolute Gasteiger partial charge is 0.464 e. The zero-order valence-corrected chi connectivity index (χ0v) is 7.85. The number of nitroso groups, excluding NO2 is 1. The number of ether oxygens (including phenoxy) is 1. The summed E-state index contributed by atoms with van der Waals surface area (Å²) in [7, 11) is 1.29. The van der Waals surface area contributed by atoms with Crippen molar-refractivity contribution in [2.45, 2.75) is 0 Å². The van der Waals surface area contributed by atoms with E-state index in [0.29, 0.717) is 16.7 Å². The molecular formula is C9H7N3O3. The maximum atomic E-state index is 11.2. The van der Waals surface area contributed by atoms with E-state index in [1.807, 2.05) is 0 Å². The smallest absolute Gasteiger partial charge is 0.354 e. The lowest BCUT2D eigenvalue weighted by molar-refractivity contribution is 0.0595. The van der Waals surface area contributed by atoms with E-state index < -0.39 is 5.97 Å². The molecule has 15 heavy (non-hydrogen) atoms. The fourth-order valence-electron chi connectivity index (χ4n) is 1.27. The average molecular weight is 205 g/mol. The van der Waals surface area contributed by atoms with Crippen molar-refractivity contribution in [3.8, 4) is 0 Å². The van der Waals surface area contributed by atoms with Gasteiger partial charge in [0, 0.05) is 5.39 Å². The van der Waals surface area contributed by atoms with Gasteiger partial charge in [-0.3, -0.25) is 0 Å². The Hall–Kier alpha value is -2.24. The summed E-state index contributed by atoms with van der Waals surface area (Å²) in [6, 6.07) is 3.10. The summed E-state index contributed by atoms with van der Waals surface area (Å²) in [6.45, 7) is 0. The van der Waals surface area contributed by atoms with Crippen LogP contribution in [-0.2, 0) is 4.74 Å². The summed E-state index contributed by atoms with van der Waals surface area (Å²) in [5.74, 6) is -0.478. The van der Waals surface area contributed by atoms with Gasteiger partial charge in [0.1, 0.15) is 17.0 Å². The fourth-order valence-corrected chi connectivity index (χ4v) is 1.27. The van der Waals surface area contributed by atoms with Crippen molar-refractivity contribution in [3.63, 3.8) is 0 Å². The molecule has 0 amide bonds. The lowest BCUT2D eigenvalue weighted by Gasteiger charge is -1.91. The van der Waals surface area contributed by atoms with Crippen LogP contribution in [0.1, 0.15) is 10.5 Å². The van der Waals surface area contributed by atoms with Crippen molar-refractivity contribution in [1.29, 1.82) is 0 Å². The van der Waals surface area contributed by atoms with Crippen LogP contribution >= 0.6 is 0 Å². The van der Waals surface area contributed by atoms with Crippen molar-refractivity contribution < 1.29 is 9.53 Å². The van der Waals surface area contributed by atoms with Gasteiger partial charge in [-0.15, -0.1) is 4.91 Å². The highest BCUT2D eigenvalue weighted by Crippen LogP contribution is 2.19. The molecule has 0 fully saturated rings. The molecule has 0 aliphatic heterocycles. The Balaban J connectivity index is 2.55. The van der Waals surface area contributed by atoms with Crippen LogP contribution in [0, 0.1) is 4.91 Å². The molecule has 0 atom stereocenters. The molecule has 76 valence electrons. The number of esters is 1. The summed E-state index contributed by atoms with van der Waals surface area (Å²) in [6.07, 6.45) is 1.33. The number of fused-ring (bicyclic) bond motifs is 1. The number of nitrogens with one attached hydrogen (secondary N) is 1. The first-order valence-corrected chi connectivity index (χ1v) is 4.15. The Labute approximate surface area is 84.2 Å². The minimum Gasteiger partial charge on any atom is -0.464 e. The monoisotopic (exact) mass is 205 g/mol. The molecule has 0 radical (unpaired) electrons. The molecule has 6 heteroatoms. The molecule has 6 nitrogen and oxygen atoms in total. The van der Waals surface area contributed by atoms with E-state index in [1.165, 1.54) is 19.4 Å². The van der Waals surface area contributed by atoms with Gasteiger partial charge in [-0.2, -0.15) is 0 Å². The lowest BCUT2D eigenvalue weighted by Crippen LogP contribution is -2.00. The zero-order chi connectivity index (χ0) is 10.8. The van der Waals surface area contributed by atoms with Crippen LogP contribution in [0.4, 0.5) is 5.69 Å². The number of aromatic nitrogens is 2. The molecule has 0 saturated heterocycles. The highest BCUT2D eigenvalue weighted by atomic mass is 16.5. The standard InChI is InChI=1S/C9H7N3O3/c1-15-9(13)7-3-5-2-6(12-14)4-10-8(5)11-7/h2-4H,1H3,(H,10,11). The number of carbonyl (C=O) groups excluding carboxylic acids is 1. The predicted molar refractivity (Wildman–Crippen MR) is 52.9 cm³/mol. The van der Waals surface area contributed by atoms with E-state index >= 15 is 0 Å². The number of rotatable bonds is 2. The Bertz CT molecular complexity index is 532. The first kappa shape index (κ1) is 9.32. The highest BCUT2D eigenvalue weighted by Gasteiger charge is 2.10. The summed E-state index contributed by atoms with van der Waals surface area (Å²) in [5.41, 5.74) is 1.03. The summed E-state index contributed by atoms with van der Waals surface area (Å²) >= 11 is 0. The third-order valence-corrected chi connectivity index (χ3v) is 1.97. The van der Waals surface area contributed by atoms with Crippen LogP contribution in [0.5, 0.6) is 0 Å². The molecule has 0 aliphatic carbocycles. The molecule has 1 N–H and O–H groups in total. The third kappa shape index (κ3) is 1.56. The van der Waals surface area contributed by atoms with E-state index in [-0.39, 0.29) is 5.69 Å². The van der Waals surface area contributed by atoms with Crippen LogP contribution in [0.2, 0.25) is 0 Å². The van der Waals surface area contributed by atoms with Crippen molar-refractivity contribution in [2.24, 2.45) is 5.18 Å². The summed E-state index contributed by atoms with van der Waals surface area (Å²) in [5, 5.41) is 3.40. The van der Waals surface area contributed by atoms with Crippen LogP contribution in [0.25, 0.3) is 11.0 Å². The fraction of sp³-hybridized carbons (Fsp3) is 0.111.